The average Bonchev–Trinajstić information content (AvgIpc) is 2.65. The minimum Gasteiger partial charge on any atom is -0.426 e. The molecule has 160 valence electrons. The van der Waals surface area contributed by atoms with E-state index in [1.807, 2.05) is 0 Å². The van der Waals surface area contributed by atoms with Gasteiger partial charge in [0.1, 0.15) is 5.75 Å². The predicted octanol–water partition coefficient (Wildman–Crippen LogP) is 7.05. The molecule has 2 nitrogen and oxygen atoms in total. The molecule has 3 rings (SSSR count). The third kappa shape index (κ3) is 4.33. The number of thioether (sulfide) groups is 1. The molecule has 0 aliphatic carbocycles. The molecule has 10 heteroatoms. The lowest BCUT2D eigenvalue weighted by Crippen LogP contribution is -2.45. The number of carbonyl (C=O) groups is 1. The quantitative estimate of drug-likeness (QED) is 0.361. The Morgan fingerprint density at radius 1 is 1.03 bits per heavy atom. The molecule has 0 spiro atoms. The molecular weight excluding hydrogens is 437 g/mol. The van der Waals surface area contributed by atoms with Crippen LogP contribution >= 0.6 is 11.8 Å². The lowest BCUT2D eigenvalue weighted by molar-refractivity contribution is -0.273. The van der Waals surface area contributed by atoms with Gasteiger partial charge >= 0.3 is 17.5 Å². The highest BCUT2D eigenvalue weighted by atomic mass is 32.2. The minimum absolute atomic E-state index is 0.0537. The van der Waals surface area contributed by atoms with E-state index in [1.165, 1.54) is 24.3 Å². The molecule has 2 aromatic rings. The van der Waals surface area contributed by atoms with Crippen molar-refractivity contribution in [2.24, 2.45) is 0 Å². The van der Waals surface area contributed by atoms with Crippen molar-refractivity contribution >= 4 is 23.1 Å². The molecule has 1 aliphatic heterocycles. The maximum absolute atomic E-state index is 13.5. The van der Waals surface area contributed by atoms with Crippen LogP contribution in [0.1, 0.15) is 34.3 Å². The molecule has 30 heavy (non-hydrogen) atoms. The molecule has 0 amide bonds. The zero-order valence-corrected chi connectivity index (χ0v) is 15.8. The zero-order chi connectivity index (χ0) is 22.3. The van der Waals surface area contributed by atoms with E-state index in [9.17, 15) is 35.5 Å². The third-order valence-electron chi connectivity index (χ3n) is 4.35. The summed E-state index contributed by atoms with van der Waals surface area (Å²) >= 11 is -0.363. The van der Waals surface area contributed by atoms with Gasteiger partial charge in [-0.25, -0.2) is 0 Å². The summed E-state index contributed by atoms with van der Waals surface area (Å²) in [5.41, 5.74) is -0.972. The van der Waals surface area contributed by atoms with Crippen LogP contribution in [0, 0.1) is 0 Å². The first kappa shape index (κ1) is 22.2. The average molecular weight is 450 g/mol. The highest BCUT2D eigenvalue weighted by Gasteiger charge is 2.63. The zero-order valence-electron chi connectivity index (χ0n) is 15.0. The lowest BCUT2D eigenvalue weighted by Gasteiger charge is -2.31. The maximum Gasteiger partial charge on any atom is 0.475 e. The number of ether oxygens (including phenoxy) is 1. The van der Waals surface area contributed by atoms with Gasteiger partial charge in [0.15, 0.2) is 5.78 Å². The topological polar surface area (TPSA) is 26.3 Å². The molecule has 0 aromatic heterocycles. The van der Waals surface area contributed by atoms with E-state index in [2.05, 4.69) is 11.3 Å². The fourth-order valence-corrected chi connectivity index (χ4v) is 3.64. The van der Waals surface area contributed by atoms with Gasteiger partial charge in [0, 0.05) is 12.0 Å². The van der Waals surface area contributed by atoms with Crippen LogP contribution in [0.15, 0.2) is 53.9 Å². The van der Waals surface area contributed by atoms with E-state index in [4.69, 9.17) is 0 Å². The van der Waals surface area contributed by atoms with Crippen LogP contribution in [0.25, 0.3) is 5.57 Å². The van der Waals surface area contributed by atoms with E-state index in [-0.39, 0.29) is 40.6 Å². The molecule has 0 saturated carbocycles. The summed E-state index contributed by atoms with van der Waals surface area (Å²) in [5.74, 6) is -1.19. The van der Waals surface area contributed by atoms with Gasteiger partial charge in [-0.15, -0.1) is 0 Å². The van der Waals surface area contributed by atoms with Crippen molar-refractivity contribution in [1.82, 2.24) is 0 Å². The smallest absolute Gasteiger partial charge is 0.426 e. The first-order valence-corrected chi connectivity index (χ1v) is 9.29. The standard InChI is InChI=1S/C20H13F7O2S/c1-11(6-8-15(28)13-4-2-3-5-14(13)18(21,22)23)12-7-9-16-17(10-12)30-20(26,27)19(24,25)29-16/h2-5,7,9-10H,1,6,8H2. The van der Waals surface area contributed by atoms with E-state index >= 15 is 0 Å². The van der Waals surface area contributed by atoms with Crippen LogP contribution in [-0.4, -0.2) is 17.1 Å². The van der Waals surface area contributed by atoms with Crippen molar-refractivity contribution in [3.05, 3.63) is 65.7 Å². The normalized spacial score (nSPS) is 17.0. The van der Waals surface area contributed by atoms with Gasteiger partial charge in [-0.2, -0.15) is 30.7 Å². The fraction of sp³-hybridized carbons (Fsp3) is 0.250. The summed E-state index contributed by atoms with van der Waals surface area (Å²) < 4.78 is 96.8. The highest BCUT2D eigenvalue weighted by molar-refractivity contribution is 8.00. The number of hydrogen-bond donors (Lipinski definition) is 0. The maximum atomic E-state index is 13.5. The summed E-state index contributed by atoms with van der Waals surface area (Å²) in [7, 11) is 0. The first-order valence-electron chi connectivity index (χ1n) is 8.47. The van der Waals surface area contributed by atoms with Crippen LogP contribution in [0.3, 0.4) is 0 Å². The van der Waals surface area contributed by atoms with E-state index in [0.717, 1.165) is 18.2 Å². The molecule has 2 aromatic carbocycles. The number of carbonyl (C=O) groups excluding carboxylic acids is 1. The summed E-state index contributed by atoms with van der Waals surface area (Å²) in [6, 6.07) is 7.90. The second kappa shape index (κ2) is 7.64. The summed E-state index contributed by atoms with van der Waals surface area (Å²) in [6.45, 7) is 3.72. The molecule has 0 atom stereocenters. The van der Waals surface area contributed by atoms with Crippen LogP contribution in [0.4, 0.5) is 30.7 Å². The van der Waals surface area contributed by atoms with Crippen molar-refractivity contribution < 1.29 is 40.3 Å². The number of fused-ring (bicyclic) bond motifs is 1. The van der Waals surface area contributed by atoms with Crippen molar-refractivity contribution in [2.75, 3.05) is 0 Å². The molecule has 0 bridgehead atoms. The molecule has 0 unspecified atom stereocenters. The van der Waals surface area contributed by atoms with Gasteiger partial charge in [-0.3, -0.25) is 4.79 Å². The number of ketones is 1. The molecule has 0 N–H and O–H groups in total. The van der Waals surface area contributed by atoms with Gasteiger partial charge in [0.05, 0.1) is 10.5 Å². The number of Topliss-reactive ketones (excluding diaryl/α,β-unsaturated/α-hetero) is 1. The Labute approximate surface area is 170 Å². The van der Waals surface area contributed by atoms with Crippen LogP contribution in [0.5, 0.6) is 5.75 Å². The molecule has 1 heterocycles. The van der Waals surface area contributed by atoms with E-state index < -0.39 is 40.2 Å². The monoisotopic (exact) mass is 450 g/mol. The van der Waals surface area contributed by atoms with Gasteiger partial charge in [-0.1, -0.05) is 30.8 Å². The van der Waals surface area contributed by atoms with Crippen LogP contribution < -0.4 is 4.74 Å². The Morgan fingerprint density at radius 3 is 2.37 bits per heavy atom. The largest absolute Gasteiger partial charge is 0.475 e. The van der Waals surface area contributed by atoms with E-state index in [1.54, 1.807) is 0 Å². The Morgan fingerprint density at radius 2 is 1.70 bits per heavy atom. The van der Waals surface area contributed by atoms with Crippen molar-refractivity contribution in [3.8, 4) is 5.75 Å². The molecular formula is C20H13F7O2S. The number of benzene rings is 2. The Hall–Kier alpha value is -2.49. The highest BCUT2D eigenvalue weighted by Crippen LogP contribution is 2.54. The fourth-order valence-electron chi connectivity index (χ4n) is 2.80. The summed E-state index contributed by atoms with van der Waals surface area (Å²) in [4.78, 5) is 12.1. The first-order chi connectivity index (χ1) is 13.8. The second-order valence-corrected chi connectivity index (χ2v) is 7.63. The van der Waals surface area contributed by atoms with Gasteiger partial charge in [0.2, 0.25) is 0 Å². The van der Waals surface area contributed by atoms with Gasteiger partial charge < -0.3 is 4.74 Å². The minimum atomic E-state index is -4.69. The number of rotatable bonds is 5. The molecule has 1 aliphatic rings. The van der Waals surface area contributed by atoms with Crippen molar-refractivity contribution in [2.45, 2.75) is 35.3 Å². The Kier molecular flexibility index (Phi) is 5.66. The number of halogens is 7. The van der Waals surface area contributed by atoms with Crippen LogP contribution in [-0.2, 0) is 6.18 Å². The number of allylic oxidation sites excluding steroid dienone is 1. The predicted molar refractivity (Wildman–Crippen MR) is 96.9 cm³/mol. The van der Waals surface area contributed by atoms with Gasteiger partial charge in [0.25, 0.3) is 0 Å². The number of hydrogen-bond acceptors (Lipinski definition) is 3. The van der Waals surface area contributed by atoms with Crippen molar-refractivity contribution in [1.29, 1.82) is 0 Å². The summed E-state index contributed by atoms with van der Waals surface area (Å²) in [6.07, 6.45) is -9.71. The van der Waals surface area contributed by atoms with Crippen LogP contribution in [0.2, 0.25) is 0 Å². The lowest BCUT2D eigenvalue weighted by atomic mass is 9.96. The Bertz CT molecular complexity index is 999. The van der Waals surface area contributed by atoms with Crippen molar-refractivity contribution in [3.63, 3.8) is 0 Å². The van der Waals surface area contributed by atoms with Gasteiger partial charge in [-0.05, 0) is 47.5 Å². The van der Waals surface area contributed by atoms with E-state index in [0.29, 0.717) is 0 Å². The molecule has 0 radical (unpaired) electrons. The second-order valence-electron chi connectivity index (χ2n) is 6.47. The molecule has 0 saturated heterocycles. The summed E-state index contributed by atoms with van der Waals surface area (Å²) in [5, 5.41) is -4.47. The third-order valence-corrected chi connectivity index (χ3v) is 5.39. The molecule has 0 fully saturated rings. The Balaban J connectivity index is 1.74. The SMILES string of the molecule is C=C(CCC(=O)c1ccccc1C(F)(F)F)c1ccc2c(c1)SC(F)(F)C(F)(F)O2. The number of alkyl halides is 7.